The zero-order valence-electron chi connectivity index (χ0n) is 17.7. The number of fused-ring (bicyclic) bond motifs is 1. The SMILES string of the molecule is Cc1cnc2c(S(=O)(=O)N3CCN(CCOc4ccccc4[N+](=O)[O-])CC3)cccc2c1. The molecule has 2 aromatic carbocycles. The lowest BCUT2D eigenvalue weighted by Gasteiger charge is -2.33. The molecule has 1 aliphatic rings. The van der Waals surface area contributed by atoms with E-state index in [9.17, 15) is 18.5 Å². The number of para-hydroxylation sites is 3. The molecule has 32 heavy (non-hydrogen) atoms. The van der Waals surface area contributed by atoms with E-state index in [2.05, 4.69) is 9.88 Å². The van der Waals surface area contributed by atoms with Crippen molar-refractivity contribution < 1.29 is 18.1 Å². The van der Waals surface area contributed by atoms with Crippen molar-refractivity contribution in [3.63, 3.8) is 0 Å². The molecule has 0 unspecified atom stereocenters. The van der Waals surface area contributed by atoms with Crippen molar-refractivity contribution >= 4 is 26.6 Å². The molecule has 0 radical (unpaired) electrons. The fraction of sp³-hybridized carbons (Fsp3) is 0.318. The van der Waals surface area contributed by atoms with Gasteiger partial charge >= 0.3 is 5.69 Å². The van der Waals surface area contributed by atoms with Crippen molar-refractivity contribution in [1.29, 1.82) is 0 Å². The van der Waals surface area contributed by atoms with Crippen LogP contribution in [0, 0.1) is 17.0 Å². The fourth-order valence-electron chi connectivity index (χ4n) is 3.80. The molecule has 0 spiro atoms. The average Bonchev–Trinajstić information content (AvgIpc) is 2.79. The lowest BCUT2D eigenvalue weighted by atomic mass is 10.2. The number of rotatable bonds is 7. The molecule has 1 aliphatic heterocycles. The number of aryl methyl sites for hydroxylation is 1. The van der Waals surface area contributed by atoms with E-state index in [1.807, 2.05) is 19.1 Å². The monoisotopic (exact) mass is 456 g/mol. The van der Waals surface area contributed by atoms with E-state index in [0.29, 0.717) is 38.2 Å². The smallest absolute Gasteiger partial charge is 0.310 e. The molecule has 0 atom stereocenters. The maximum Gasteiger partial charge on any atom is 0.310 e. The average molecular weight is 457 g/mol. The van der Waals surface area contributed by atoms with Crippen molar-refractivity contribution in [2.24, 2.45) is 0 Å². The Morgan fingerprint density at radius 2 is 1.84 bits per heavy atom. The quantitative estimate of drug-likeness (QED) is 0.397. The molecule has 1 saturated heterocycles. The predicted octanol–water partition coefficient (Wildman–Crippen LogP) is 2.84. The van der Waals surface area contributed by atoms with Gasteiger partial charge in [0, 0.05) is 50.4 Å². The lowest BCUT2D eigenvalue weighted by Crippen LogP contribution is -2.49. The number of nitro benzene ring substituents is 1. The Hall–Kier alpha value is -3.08. The molecule has 0 saturated carbocycles. The van der Waals surface area contributed by atoms with Crippen LogP contribution in [0.4, 0.5) is 5.69 Å². The third-order valence-electron chi connectivity index (χ3n) is 5.49. The van der Waals surface area contributed by atoms with Gasteiger partial charge in [0.25, 0.3) is 0 Å². The second-order valence-electron chi connectivity index (χ2n) is 7.66. The van der Waals surface area contributed by atoms with Gasteiger partial charge in [-0.2, -0.15) is 4.31 Å². The summed E-state index contributed by atoms with van der Waals surface area (Å²) in [6.07, 6.45) is 1.68. The Morgan fingerprint density at radius 3 is 2.59 bits per heavy atom. The Balaban J connectivity index is 1.37. The van der Waals surface area contributed by atoms with Gasteiger partial charge in [-0.3, -0.25) is 20.0 Å². The van der Waals surface area contributed by atoms with Crippen LogP contribution in [0.3, 0.4) is 0 Å². The van der Waals surface area contributed by atoms with E-state index >= 15 is 0 Å². The van der Waals surface area contributed by atoms with Gasteiger partial charge in [-0.05, 0) is 30.7 Å². The van der Waals surface area contributed by atoms with E-state index in [1.54, 1.807) is 36.5 Å². The van der Waals surface area contributed by atoms with Crippen LogP contribution in [0.15, 0.2) is 59.6 Å². The first-order valence-corrected chi connectivity index (χ1v) is 11.7. The maximum absolute atomic E-state index is 13.3. The zero-order chi connectivity index (χ0) is 22.7. The van der Waals surface area contributed by atoms with Crippen molar-refractivity contribution in [3.05, 3.63) is 70.4 Å². The first-order valence-electron chi connectivity index (χ1n) is 10.3. The van der Waals surface area contributed by atoms with Gasteiger partial charge in [-0.25, -0.2) is 8.42 Å². The van der Waals surface area contributed by atoms with Crippen LogP contribution in [-0.4, -0.2) is 66.9 Å². The number of nitrogens with zero attached hydrogens (tertiary/aromatic N) is 4. The van der Waals surface area contributed by atoms with Gasteiger partial charge in [0.1, 0.15) is 11.5 Å². The second kappa shape index (κ2) is 9.19. The molecule has 1 aromatic heterocycles. The van der Waals surface area contributed by atoms with Crippen molar-refractivity contribution in [3.8, 4) is 5.75 Å². The van der Waals surface area contributed by atoms with Crippen LogP contribution >= 0.6 is 0 Å². The minimum absolute atomic E-state index is 0.0673. The van der Waals surface area contributed by atoms with Gasteiger partial charge in [-0.15, -0.1) is 0 Å². The highest BCUT2D eigenvalue weighted by atomic mass is 32.2. The molecule has 10 heteroatoms. The van der Waals surface area contributed by atoms with Crippen LogP contribution in [0.5, 0.6) is 5.75 Å². The summed E-state index contributed by atoms with van der Waals surface area (Å²) < 4.78 is 33.6. The molecular formula is C22H24N4O5S. The van der Waals surface area contributed by atoms with Gasteiger partial charge in [-0.1, -0.05) is 24.3 Å². The highest BCUT2D eigenvalue weighted by Gasteiger charge is 2.30. The van der Waals surface area contributed by atoms with E-state index in [4.69, 9.17) is 4.74 Å². The lowest BCUT2D eigenvalue weighted by molar-refractivity contribution is -0.385. The zero-order valence-corrected chi connectivity index (χ0v) is 18.5. The highest BCUT2D eigenvalue weighted by molar-refractivity contribution is 7.89. The topological polar surface area (TPSA) is 106 Å². The first-order chi connectivity index (χ1) is 15.4. The number of benzene rings is 2. The summed E-state index contributed by atoms with van der Waals surface area (Å²) in [5.74, 6) is 0.234. The minimum Gasteiger partial charge on any atom is -0.485 e. The standard InChI is InChI=1S/C22H24N4O5S/c1-17-15-18-5-4-8-21(22(18)23-16-17)32(29,30)25-11-9-24(10-12-25)13-14-31-20-7-3-2-6-19(20)26(27)28/h2-8,15-16H,9-14H2,1H3. The Morgan fingerprint density at radius 1 is 1.09 bits per heavy atom. The molecule has 4 rings (SSSR count). The second-order valence-corrected chi connectivity index (χ2v) is 9.57. The number of nitro groups is 1. The number of aromatic nitrogens is 1. The van der Waals surface area contributed by atoms with Gasteiger partial charge in [0.05, 0.1) is 10.4 Å². The largest absolute Gasteiger partial charge is 0.485 e. The summed E-state index contributed by atoms with van der Waals surface area (Å²) in [5.41, 5.74) is 1.39. The molecule has 0 N–H and O–H groups in total. The summed E-state index contributed by atoms with van der Waals surface area (Å²) >= 11 is 0. The van der Waals surface area contributed by atoms with Crippen LogP contribution in [0.2, 0.25) is 0 Å². The number of pyridine rings is 1. The molecule has 0 amide bonds. The number of ether oxygens (including phenoxy) is 1. The van der Waals surface area contributed by atoms with Crippen molar-refractivity contribution in [2.45, 2.75) is 11.8 Å². The molecule has 9 nitrogen and oxygen atoms in total. The fourth-order valence-corrected chi connectivity index (χ4v) is 5.39. The number of hydrogen-bond donors (Lipinski definition) is 0. The van der Waals surface area contributed by atoms with Crippen LogP contribution in [0.25, 0.3) is 10.9 Å². The van der Waals surface area contributed by atoms with E-state index in [1.165, 1.54) is 10.4 Å². The Labute approximate surface area is 186 Å². The molecule has 1 fully saturated rings. The number of piperazine rings is 1. The molecule has 168 valence electrons. The van der Waals surface area contributed by atoms with Crippen LogP contribution in [0.1, 0.15) is 5.56 Å². The van der Waals surface area contributed by atoms with E-state index in [-0.39, 0.29) is 22.9 Å². The minimum atomic E-state index is -3.67. The van der Waals surface area contributed by atoms with Gasteiger partial charge < -0.3 is 4.74 Å². The summed E-state index contributed by atoms with van der Waals surface area (Å²) in [6.45, 7) is 4.57. The maximum atomic E-state index is 13.3. The normalized spacial score (nSPS) is 15.7. The molecule has 0 bridgehead atoms. The predicted molar refractivity (Wildman–Crippen MR) is 120 cm³/mol. The molecule has 2 heterocycles. The van der Waals surface area contributed by atoms with Crippen LogP contribution < -0.4 is 4.74 Å². The molecule has 0 aliphatic carbocycles. The Bertz CT molecular complexity index is 1240. The van der Waals surface area contributed by atoms with E-state index < -0.39 is 14.9 Å². The van der Waals surface area contributed by atoms with Gasteiger partial charge in [0.2, 0.25) is 10.0 Å². The summed E-state index contributed by atoms with van der Waals surface area (Å²) in [4.78, 5) is 17.3. The summed E-state index contributed by atoms with van der Waals surface area (Å²) in [6, 6.07) is 13.4. The van der Waals surface area contributed by atoms with Crippen LogP contribution in [-0.2, 0) is 10.0 Å². The summed E-state index contributed by atoms with van der Waals surface area (Å²) in [7, 11) is -3.67. The first kappa shape index (κ1) is 22.1. The van der Waals surface area contributed by atoms with Gasteiger partial charge in [0.15, 0.2) is 5.75 Å². The Kier molecular flexibility index (Phi) is 6.35. The van der Waals surface area contributed by atoms with Crippen molar-refractivity contribution in [2.75, 3.05) is 39.3 Å². The third kappa shape index (κ3) is 4.57. The third-order valence-corrected chi connectivity index (χ3v) is 7.42. The number of hydrogen-bond acceptors (Lipinski definition) is 7. The summed E-state index contributed by atoms with van der Waals surface area (Å²) in [5, 5.41) is 11.9. The molecular weight excluding hydrogens is 432 g/mol. The molecule has 3 aromatic rings. The van der Waals surface area contributed by atoms with E-state index in [0.717, 1.165) is 10.9 Å². The van der Waals surface area contributed by atoms with Crippen molar-refractivity contribution in [1.82, 2.24) is 14.2 Å². The number of sulfonamides is 1. The highest BCUT2D eigenvalue weighted by Crippen LogP contribution is 2.27.